The average molecular weight is 183 g/mol. The number of rotatable bonds is 5. The summed E-state index contributed by atoms with van der Waals surface area (Å²) >= 11 is 0. The van der Waals surface area contributed by atoms with Gasteiger partial charge in [-0.15, -0.1) is 0 Å². The van der Waals surface area contributed by atoms with Gasteiger partial charge in [-0.3, -0.25) is 0 Å². The first-order valence-electron chi connectivity index (χ1n) is 5.61. The lowest BCUT2D eigenvalue weighted by Gasteiger charge is -2.33. The topological polar surface area (TPSA) is 15.3 Å². The Hall–Kier alpha value is -0.0800. The third kappa shape index (κ3) is 4.10. The van der Waals surface area contributed by atoms with Crippen LogP contribution < -0.4 is 5.32 Å². The van der Waals surface area contributed by atoms with E-state index in [1.807, 2.05) is 0 Å². The van der Waals surface area contributed by atoms with Crippen LogP contribution in [0, 0.1) is 6.92 Å². The van der Waals surface area contributed by atoms with E-state index in [1.54, 1.807) is 0 Å². The molecule has 13 heavy (non-hydrogen) atoms. The zero-order chi connectivity index (χ0) is 9.52. The van der Waals surface area contributed by atoms with Crippen molar-refractivity contribution in [2.45, 2.75) is 38.6 Å². The van der Waals surface area contributed by atoms with Gasteiger partial charge in [-0.05, 0) is 19.4 Å². The van der Waals surface area contributed by atoms with Gasteiger partial charge in [-0.25, -0.2) is 0 Å². The molecule has 0 aromatic heterocycles. The zero-order valence-electron chi connectivity index (χ0n) is 8.89. The highest BCUT2D eigenvalue weighted by atomic mass is 15.2. The summed E-state index contributed by atoms with van der Waals surface area (Å²) in [5, 5.41) is 3.48. The van der Waals surface area contributed by atoms with Crippen molar-refractivity contribution in [3.63, 3.8) is 0 Å². The summed E-state index contributed by atoms with van der Waals surface area (Å²) in [6.07, 6.45) is 5.08. The van der Waals surface area contributed by atoms with E-state index in [-0.39, 0.29) is 0 Å². The Kier molecular flexibility index (Phi) is 5.40. The van der Waals surface area contributed by atoms with Crippen molar-refractivity contribution >= 4 is 0 Å². The molecule has 1 N–H and O–H groups in total. The molecule has 1 saturated heterocycles. The predicted octanol–water partition coefficient (Wildman–Crippen LogP) is 1.67. The van der Waals surface area contributed by atoms with Crippen molar-refractivity contribution in [1.29, 1.82) is 0 Å². The molecule has 1 atom stereocenters. The van der Waals surface area contributed by atoms with Crippen molar-refractivity contribution in [2.24, 2.45) is 0 Å². The van der Waals surface area contributed by atoms with E-state index in [1.165, 1.54) is 38.9 Å². The fourth-order valence-corrected chi connectivity index (χ4v) is 1.88. The number of hydrogen-bond donors (Lipinski definition) is 1. The molecular weight excluding hydrogens is 160 g/mol. The normalized spacial score (nSPS) is 24.9. The number of hydrogen-bond acceptors (Lipinski definition) is 2. The van der Waals surface area contributed by atoms with Crippen LogP contribution in [-0.4, -0.2) is 37.1 Å². The van der Waals surface area contributed by atoms with E-state index in [0.717, 1.165) is 13.0 Å². The Labute approximate surface area is 82.7 Å². The van der Waals surface area contributed by atoms with Crippen molar-refractivity contribution in [3.8, 4) is 0 Å². The minimum atomic E-state index is 0.635. The van der Waals surface area contributed by atoms with Crippen LogP contribution in [-0.2, 0) is 0 Å². The van der Waals surface area contributed by atoms with E-state index < -0.39 is 0 Å². The lowest BCUT2D eigenvalue weighted by molar-refractivity contribution is 0.197. The Morgan fingerprint density at radius 3 is 3.00 bits per heavy atom. The van der Waals surface area contributed by atoms with E-state index in [0.29, 0.717) is 6.04 Å². The largest absolute Gasteiger partial charge is 0.311 e. The molecule has 2 nitrogen and oxygen atoms in total. The maximum absolute atomic E-state index is 3.95. The van der Waals surface area contributed by atoms with Gasteiger partial charge in [0.15, 0.2) is 0 Å². The Bertz CT molecular complexity index is 125. The van der Waals surface area contributed by atoms with Gasteiger partial charge in [0.1, 0.15) is 0 Å². The minimum absolute atomic E-state index is 0.635. The quantitative estimate of drug-likeness (QED) is 0.652. The predicted molar refractivity (Wildman–Crippen MR) is 57.7 cm³/mol. The van der Waals surface area contributed by atoms with Crippen molar-refractivity contribution in [2.75, 3.05) is 26.2 Å². The second kappa shape index (κ2) is 6.39. The van der Waals surface area contributed by atoms with Gasteiger partial charge in [-0.2, -0.15) is 0 Å². The molecule has 1 rings (SSSR count). The first-order valence-corrected chi connectivity index (χ1v) is 5.61. The molecule has 1 unspecified atom stereocenters. The minimum Gasteiger partial charge on any atom is -0.311 e. The van der Waals surface area contributed by atoms with Crippen LogP contribution in [0.15, 0.2) is 0 Å². The first-order chi connectivity index (χ1) is 6.36. The standard InChI is InChI=1S/C11H23N2/c1-3-5-6-8-13-9-7-12-11(4-2)10-13/h11-12H,2-10H2,1H3. The molecule has 1 aliphatic rings. The first kappa shape index (κ1) is 11.0. The monoisotopic (exact) mass is 183 g/mol. The number of unbranched alkanes of at least 4 members (excludes halogenated alkanes) is 2. The highest BCUT2D eigenvalue weighted by Gasteiger charge is 2.16. The molecule has 0 aliphatic carbocycles. The van der Waals surface area contributed by atoms with Crippen LogP contribution >= 0.6 is 0 Å². The second-order valence-electron chi connectivity index (χ2n) is 3.95. The Morgan fingerprint density at radius 2 is 2.31 bits per heavy atom. The smallest absolute Gasteiger partial charge is 0.0195 e. The molecule has 0 bridgehead atoms. The molecule has 77 valence electrons. The summed E-state index contributed by atoms with van der Waals surface area (Å²) < 4.78 is 0. The third-order valence-electron chi connectivity index (χ3n) is 2.77. The van der Waals surface area contributed by atoms with E-state index in [9.17, 15) is 0 Å². The van der Waals surface area contributed by atoms with E-state index in [2.05, 4.69) is 24.1 Å². The summed E-state index contributed by atoms with van der Waals surface area (Å²) in [6.45, 7) is 11.1. The molecule has 0 amide bonds. The van der Waals surface area contributed by atoms with Crippen LogP contribution in [0.1, 0.15) is 32.6 Å². The van der Waals surface area contributed by atoms with E-state index in [4.69, 9.17) is 0 Å². The van der Waals surface area contributed by atoms with E-state index >= 15 is 0 Å². The number of nitrogens with zero attached hydrogens (tertiary/aromatic N) is 1. The van der Waals surface area contributed by atoms with Crippen molar-refractivity contribution < 1.29 is 0 Å². The summed E-state index contributed by atoms with van der Waals surface area (Å²) in [5.74, 6) is 0. The second-order valence-corrected chi connectivity index (χ2v) is 3.95. The Balaban J connectivity index is 2.11. The van der Waals surface area contributed by atoms with Crippen LogP contribution in [0.3, 0.4) is 0 Å². The summed E-state index contributed by atoms with van der Waals surface area (Å²) in [6, 6.07) is 0.635. The highest BCUT2D eigenvalue weighted by molar-refractivity contribution is 4.78. The maximum Gasteiger partial charge on any atom is 0.0195 e. The van der Waals surface area contributed by atoms with Gasteiger partial charge in [0.2, 0.25) is 0 Å². The van der Waals surface area contributed by atoms with Gasteiger partial charge < -0.3 is 10.2 Å². The van der Waals surface area contributed by atoms with Crippen LogP contribution in [0.4, 0.5) is 0 Å². The van der Waals surface area contributed by atoms with Gasteiger partial charge in [-0.1, -0.05) is 26.7 Å². The zero-order valence-corrected chi connectivity index (χ0v) is 8.89. The molecule has 1 heterocycles. The molecule has 0 aromatic rings. The fourth-order valence-electron chi connectivity index (χ4n) is 1.88. The van der Waals surface area contributed by atoms with Gasteiger partial charge in [0, 0.05) is 25.7 Å². The van der Waals surface area contributed by atoms with Gasteiger partial charge in [0.25, 0.3) is 0 Å². The maximum atomic E-state index is 3.95. The van der Waals surface area contributed by atoms with Gasteiger partial charge >= 0.3 is 0 Å². The molecule has 0 saturated carbocycles. The summed E-state index contributed by atoms with van der Waals surface area (Å²) in [4.78, 5) is 2.57. The SMILES string of the molecule is [CH2]CC1CN(CCCCC)CCN1. The molecule has 0 spiro atoms. The third-order valence-corrected chi connectivity index (χ3v) is 2.77. The highest BCUT2D eigenvalue weighted by Crippen LogP contribution is 2.04. The molecule has 0 aromatic carbocycles. The number of nitrogens with one attached hydrogen (secondary N) is 1. The molecular formula is C11H23N2. The van der Waals surface area contributed by atoms with Crippen LogP contribution in [0.2, 0.25) is 0 Å². The van der Waals surface area contributed by atoms with Crippen LogP contribution in [0.25, 0.3) is 0 Å². The van der Waals surface area contributed by atoms with Crippen LogP contribution in [0.5, 0.6) is 0 Å². The fraction of sp³-hybridized carbons (Fsp3) is 0.909. The molecule has 1 fully saturated rings. The number of piperazine rings is 1. The summed E-state index contributed by atoms with van der Waals surface area (Å²) in [7, 11) is 0. The molecule has 2 heteroatoms. The Morgan fingerprint density at radius 1 is 1.46 bits per heavy atom. The van der Waals surface area contributed by atoms with Gasteiger partial charge in [0.05, 0.1) is 0 Å². The lowest BCUT2D eigenvalue weighted by atomic mass is 10.1. The molecule has 1 radical (unpaired) electrons. The van der Waals surface area contributed by atoms with Crippen molar-refractivity contribution in [3.05, 3.63) is 6.92 Å². The average Bonchev–Trinajstić information content (AvgIpc) is 2.19. The summed E-state index contributed by atoms with van der Waals surface area (Å²) in [5.41, 5.74) is 0. The molecule has 1 aliphatic heterocycles. The van der Waals surface area contributed by atoms with Crippen molar-refractivity contribution in [1.82, 2.24) is 10.2 Å². The lowest BCUT2D eigenvalue weighted by Crippen LogP contribution is -2.50.